The summed E-state index contributed by atoms with van der Waals surface area (Å²) in [5.41, 5.74) is 2.70. The summed E-state index contributed by atoms with van der Waals surface area (Å²) in [6, 6.07) is 0.204. The Kier molecular flexibility index (Phi) is 6.76. The molecular formula is C26H32N10O3. The molecule has 1 unspecified atom stereocenters. The Morgan fingerprint density at radius 2 is 1.95 bits per heavy atom. The monoisotopic (exact) mass is 532 g/mol. The van der Waals surface area contributed by atoms with Crippen LogP contribution in [0.2, 0.25) is 0 Å². The molecule has 0 amide bonds. The van der Waals surface area contributed by atoms with Crippen LogP contribution in [-0.2, 0) is 13.1 Å². The first-order chi connectivity index (χ1) is 19.0. The van der Waals surface area contributed by atoms with Crippen molar-refractivity contribution in [1.29, 1.82) is 0 Å². The van der Waals surface area contributed by atoms with Gasteiger partial charge in [0.25, 0.3) is 0 Å². The smallest absolute Gasteiger partial charge is 0.365 e. The highest BCUT2D eigenvalue weighted by Gasteiger charge is 2.28. The van der Waals surface area contributed by atoms with Gasteiger partial charge in [-0.2, -0.15) is 4.98 Å². The quantitative estimate of drug-likeness (QED) is 0.270. The van der Waals surface area contributed by atoms with Crippen molar-refractivity contribution in [2.45, 2.75) is 77.9 Å². The molecule has 13 nitrogen and oxygen atoms in total. The molecule has 0 radical (unpaired) electrons. The maximum atomic E-state index is 11.7. The van der Waals surface area contributed by atoms with Gasteiger partial charge in [-0.1, -0.05) is 21.9 Å². The number of aromatic amines is 1. The van der Waals surface area contributed by atoms with E-state index in [1.54, 1.807) is 0 Å². The number of aryl methyl sites for hydroxylation is 1. The summed E-state index contributed by atoms with van der Waals surface area (Å²) in [4.78, 5) is 28.6. The summed E-state index contributed by atoms with van der Waals surface area (Å²) in [5, 5.41) is 18.7. The second-order valence-corrected chi connectivity index (χ2v) is 10.7. The van der Waals surface area contributed by atoms with Crippen LogP contribution in [0.4, 0.5) is 11.8 Å². The Labute approximate surface area is 224 Å². The van der Waals surface area contributed by atoms with E-state index in [-0.39, 0.29) is 17.7 Å². The molecule has 1 atom stereocenters. The van der Waals surface area contributed by atoms with Crippen LogP contribution in [0.1, 0.15) is 63.3 Å². The largest absolute Gasteiger partial charge is 0.439 e. The number of anilines is 2. The first-order valence-corrected chi connectivity index (χ1v) is 13.6. The molecule has 4 aromatic heterocycles. The number of hydrogen-bond donors (Lipinski definition) is 3. The Balaban J connectivity index is 1.42. The van der Waals surface area contributed by atoms with Gasteiger partial charge in [0.1, 0.15) is 16.9 Å². The minimum Gasteiger partial charge on any atom is -0.365 e. The van der Waals surface area contributed by atoms with Crippen molar-refractivity contribution >= 4 is 22.9 Å². The van der Waals surface area contributed by atoms with Gasteiger partial charge < -0.3 is 15.2 Å². The van der Waals surface area contributed by atoms with Crippen LogP contribution in [0.3, 0.4) is 0 Å². The summed E-state index contributed by atoms with van der Waals surface area (Å²) in [6.45, 7) is 5.15. The lowest BCUT2D eigenvalue weighted by Crippen LogP contribution is -2.31. The van der Waals surface area contributed by atoms with Crippen LogP contribution in [0, 0.1) is 37.0 Å². The third kappa shape index (κ3) is 5.10. The summed E-state index contributed by atoms with van der Waals surface area (Å²) in [5.74, 6) is 5.29. The van der Waals surface area contributed by atoms with Gasteiger partial charge in [0.15, 0.2) is 11.5 Å². The Morgan fingerprint density at radius 1 is 1.13 bits per heavy atom. The standard InChI is InChI=1S/C26H32N10O3/c1-4-16-8-10-17(11-9-16)13-36-20-21(28-14(2)18-6-5-7-18)29-23(24-32-26(37)38-35-24)30-22(20)31-25(36)27-12-19-15(3)33-39-34-19/h1,14,16-18H,5-13H2,2-3H3,(H,32,35,37)(H2,27,28,29,30,31). The van der Waals surface area contributed by atoms with Crippen LogP contribution in [-0.4, -0.2) is 46.0 Å². The van der Waals surface area contributed by atoms with E-state index in [1.807, 2.05) is 6.92 Å². The van der Waals surface area contributed by atoms with Crippen LogP contribution < -0.4 is 16.4 Å². The highest BCUT2D eigenvalue weighted by atomic mass is 16.6. The molecule has 0 aliphatic heterocycles. The molecule has 6 rings (SSSR count). The van der Waals surface area contributed by atoms with Crippen molar-refractivity contribution in [2.24, 2.45) is 17.8 Å². The molecule has 39 heavy (non-hydrogen) atoms. The van der Waals surface area contributed by atoms with Crippen LogP contribution in [0.15, 0.2) is 13.9 Å². The molecule has 0 aromatic carbocycles. The van der Waals surface area contributed by atoms with Gasteiger partial charge >= 0.3 is 5.76 Å². The molecule has 204 valence electrons. The van der Waals surface area contributed by atoms with E-state index in [2.05, 4.69) is 53.5 Å². The molecule has 13 heteroatoms. The second-order valence-electron chi connectivity index (χ2n) is 10.7. The Bertz CT molecular complexity index is 1550. The molecule has 0 spiro atoms. The van der Waals surface area contributed by atoms with Crippen molar-refractivity contribution in [2.75, 3.05) is 10.6 Å². The Morgan fingerprint density at radius 3 is 2.59 bits per heavy atom. The molecule has 2 saturated carbocycles. The molecule has 0 saturated heterocycles. The van der Waals surface area contributed by atoms with Gasteiger partial charge in [0, 0.05) is 18.5 Å². The van der Waals surface area contributed by atoms with Gasteiger partial charge in [-0.25, -0.2) is 19.4 Å². The van der Waals surface area contributed by atoms with Crippen LogP contribution in [0.5, 0.6) is 0 Å². The average Bonchev–Trinajstić information content (AvgIpc) is 3.60. The van der Waals surface area contributed by atoms with E-state index in [0.29, 0.717) is 53.1 Å². The second kappa shape index (κ2) is 10.5. The molecule has 3 N–H and O–H groups in total. The number of fused-ring (bicyclic) bond motifs is 1. The summed E-state index contributed by atoms with van der Waals surface area (Å²) < 4.78 is 11.7. The number of terminal acetylenes is 1. The van der Waals surface area contributed by atoms with E-state index >= 15 is 0 Å². The topological polar surface area (TPSA) is 165 Å². The first kappa shape index (κ1) is 25.1. The van der Waals surface area contributed by atoms with Gasteiger partial charge in [0.2, 0.25) is 17.6 Å². The zero-order valence-corrected chi connectivity index (χ0v) is 22.1. The summed E-state index contributed by atoms with van der Waals surface area (Å²) >= 11 is 0. The van der Waals surface area contributed by atoms with Crippen LogP contribution in [0.25, 0.3) is 22.8 Å². The number of hydrogen-bond acceptors (Lipinski definition) is 11. The minimum atomic E-state index is -0.668. The number of nitrogens with zero attached hydrogens (tertiary/aromatic N) is 7. The summed E-state index contributed by atoms with van der Waals surface area (Å²) in [7, 11) is 0. The van der Waals surface area contributed by atoms with E-state index in [4.69, 9.17) is 25.5 Å². The maximum absolute atomic E-state index is 11.7. The molecule has 2 aliphatic rings. The van der Waals surface area contributed by atoms with Crippen molar-refractivity contribution in [3.63, 3.8) is 0 Å². The SMILES string of the molecule is C#CC1CCC(Cn2c(NCc3nonc3C)nc3nc(-c4noc(=O)[nH]4)nc(NC(C)C4CCC4)c32)CC1. The van der Waals surface area contributed by atoms with Gasteiger partial charge in [-0.15, -0.1) is 12.3 Å². The number of H-pyrrole nitrogens is 1. The predicted octanol–water partition coefficient (Wildman–Crippen LogP) is 3.51. The molecule has 4 aromatic rings. The highest BCUT2D eigenvalue weighted by Crippen LogP contribution is 2.35. The van der Waals surface area contributed by atoms with Crippen molar-refractivity contribution in [1.82, 2.24) is 40.0 Å². The minimum absolute atomic E-state index is 0.155. The third-order valence-corrected chi connectivity index (χ3v) is 8.16. The van der Waals surface area contributed by atoms with Crippen molar-refractivity contribution in [3.05, 3.63) is 21.9 Å². The predicted molar refractivity (Wildman–Crippen MR) is 143 cm³/mol. The van der Waals surface area contributed by atoms with E-state index in [9.17, 15) is 4.79 Å². The number of nitrogens with one attached hydrogen (secondary N) is 3. The fourth-order valence-corrected chi connectivity index (χ4v) is 5.50. The zero-order valence-electron chi connectivity index (χ0n) is 22.1. The van der Waals surface area contributed by atoms with Gasteiger partial charge in [-0.3, -0.25) is 9.51 Å². The normalized spacial score (nSPS) is 20.4. The number of aromatic nitrogens is 8. The highest BCUT2D eigenvalue weighted by molar-refractivity contribution is 5.87. The molecule has 4 heterocycles. The summed E-state index contributed by atoms with van der Waals surface area (Å²) in [6.07, 6.45) is 13.4. The van der Waals surface area contributed by atoms with E-state index < -0.39 is 5.76 Å². The van der Waals surface area contributed by atoms with Crippen molar-refractivity contribution in [3.8, 4) is 24.0 Å². The lowest BCUT2D eigenvalue weighted by atomic mass is 9.80. The van der Waals surface area contributed by atoms with E-state index in [1.165, 1.54) is 19.3 Å². The Hall–Kier alpha value is -4.21. The fourth-order valence-electron chi connectivity index (χ4n) is 5.50. The van der Waals surface area contributed by atoms with Gasteiger partial charge in [0.05, 0.1) is 6.54 Å². The number of rotatable bonds is 9. The molecule has 2 fully saturated rings. The number of imidazole rings is 1. The van der Waals surface area contributed by atoms with Gasteiger partial charge in [-0.05, 0) is 64.2 Å². The zero-order chi connectivity index (χ0) is 26.9. The van der Waals surface area contributed by atoms with Crippen molar-refractivity contribution < 1.29 is 9.15 Å². The lowest BCUT2D eigenvalue weighted by molar-refractivity contribution is 0.284. The lowest BCUT2D eigenvalue weighted by Gasteiger charge is -2.32. The van der Waals surface area contributed by atoms with Crippen LogP contribution >= 0.6 is 0 Å². The third-order valence-electron chi connectivity index (χ3n) is 8.16. The molecule has 2 aliphatic carbocycles. The maximum Gasteiger partial charge on any atom is 0.439 e. The molecule has 0 bridgehead atoms. The average molecular weight is 533 g/mol. The first-order valence-electron chi connectivity index (χ1n) is 13.6. The van der Waals surface area contributed by atoms with E-state index in [0.717, 1.165) is 37.7 Å². The fraction of sp³-hybridized carbons (Fsp3) is 0.577. The molecular weight excluding hydrogens is 500 g/mol.